The summed E-state index contributed by atoms with van der Waals surface area (Å²) in [5.41, 5.74) is 4.01. The number of halogens is 2. The zero-order valence-corrected chi connectivity index (χ0v) is 13.6. The summed E-state index contributed by atoms with van der Waals surface area (Å²) >= 11 is 5.55. The third-order valence-corrected chi connectivity index (χ3v) is 3.60. The summed E-state index contributed by atoms with van der Waals surface area (Å²) in [7, 11) is 0. The fraction of sp³-hybridized carbons (Fsp3) is 0. The number of carbonyl (C=O) groups is 1. The van der Waals surface area contributed by atoms with E-state index in [1.807, 2.05) is 36.4 Å². The molecular weight excluding hydrogens is 419 g/mol. The topological polar surface area (TPSA) is 41.5 Å². The van der Waals surface area contributed by atoms with Crippen LogP contribution in [0.4, 0.5) is 0 Å². The molecule has 1 amide bonds. The van der Waals surface area contributed by atoms with Gasteiger partial charge in [0.05, 0.1) is 6.21 Å². The predicted octanol–water partition coefficient (Wildman–Crippen LogP) is 3.82. The van der Waals surface area contributed by atoms with Gasteiger partial charge in [-0.15, -0.1) is 0 Å². The van der Waals surface area contributed by atoms with Gasteiger partial charge < -0.3 is 0 Å². The minimum atomic E-state index is -0.218. The molecule has 0 bridgehead atoms. The number of rotatable bonds is 3. The van der Waals surface area contributed by atoms with Crippen molar-refractivity contribution in [2.45, 2.75) is 0 Å². The highest BCUT2D eigenvalue weighted by Crippen LogP contribution is 2.09. The molecule has 2 aromatic carbocycles. The molecule has 1 N–H and O–H groups in total. The summed E-state index contributed by atoms with van der Waals surface area (Å²) in [6.45, 7) is 0. The molecule has 0 aliphatic heterocycles. The van der Waals surface area contributed by atoms with Crippen LogP contribution in [0, 0.1) is 3.57 Å². The van der Waals surface area contributed by atoms with Crippen LogP contribution in [-0.2, 0) is 0 Å². The fourth-order valence-electron chi connectivity index (χ4n) is 1.38. The molecule has 0 aromatic heterocycles. The molecule has 0 aliphatic rings. The number of hydrogen-bond donors (Lipinski definition) is 1. The van der Waals surface area contributed by atoms with Crippen molar-refractivity contribution in [3.63, 3.8) is 0 Å². The van der Waals surface area contributed by atoms with E-state index in [1.54, 1.807) is 18.3 Å². The van der Waals surface area contributed by atoms with Crippen molar-refractivity contribution in [2.75, 3.05) is 0 Å². The van der Waals surface area contributed by atoms with Gasteiger partial charge in [-0.1, -0.05) is 28.1 Å². The van der Waals surface area contributed by atoms with Crippen LogP contribution in [-0.4, -0.2) is 12.1 Å². The lowest BCUT2D eigenvalue weighted by molar-refractivity contribution is 0.0955. The third kappa shape index (κ3) is 4.43. The van der Waals surface area contributed by atoms with Gasteiger partial charge in [0.1, 0.15) is 0 Å². The van der Waals surface area contributed by atoms with Crippen LogP contribution in [0.1, 0.15) is 15.9 Å². The predicted molar refractivity (Wildman–Crippen MR) is 88.4 cm³/mol. The Hall–Kier alpha value is -1.21. The van der Waals surface area contributed by atoms with E-state index in [9.17, 15) is 4.79 Å². The van der Waals surface area contributed by atoms with Gasteiger partial charge in [-0.3, -0.25) is 4.79 Å². The number of amides is 1. The minimum absolute atomic E-state index is 0.218. The number of hydrogen-bond acceptors (Lipinski definition) is 2. The first-order valence-electron chi connectivity index (χ1n) is 5.50. The fourth-order valence-corrected chi connectivity index (χ4v) is 2.00. The molecule has 0 aliphatic carbocycles. The van der Waals surface area contributed by atoms with Gasteiger partial charge in [0.2, 0.25) is 0 Å². The lowest BCUT2D eigenvalue weighted by atomic mass is 10.2. The van der Waals surface area contributed by atoms with Crippen molar-refractivity contribution < 1.29 is 4.79 Å². The molecule has 0 fully saturated rings. The van der Waals surface area contributed by atoms with Gasteiger partial charge in [-0.05, 0) is 64.6 Å². The zero-order chi connectivity index (χ0) is 13.7. The van der Waals surface area contributed by atoms with E-state index in [-0.39, 0.29) is 5.91 Å². The molecule has 5 heteroatoms. The smallest absolute Gasteiger partial charge is 0.267 e. The Bertz CT molecular complexity index is 594. The minimum Gasteiger partial charge on any atom is -0.267 e. The highest BCUT2D eigenvalue weighted by molar-refractivity contribution is 14.1. The average molecular weight is 429 g/mol. The number of nitrogens with one attached hydrogen (secondary N) is 1. The number of benzene rings is 2. The van der Waals surface area contributed by atoms with Crippen LogP contribution < -0.4 is 5.43 Å². The summed E-state index contributed by atoms with van der Waals surface area (Å²) in [6, 6.07) is 15.0. The maximum atomic E-state index is 11.8. The van der Waals surface area contributed by atoms with E-state index < -0.39 is 0 Å². The second kappa shape index (κ2) is 6.81. The standard InChI is InChI=1S/C14H10BrIN2O/c15-12-5-1-10(2-6-12)9-17-18-14(19)11-3-7-13(16)8-4-11/h1-9H,(H,18,19)/b17-9-. The second-order valence-corrected chi connectivity index (χ2v) is 5.92. The number of nitrogens with zero attached hydrogens (tertiary/aromatic N) is 1. The van der Waals surface area contributed by atoms with Crippen LogP contribution >= 0.6 is 38.5 Å². The van der Waals surface area contributed by atoms with E-state index in [1.165, 1.54) is 0 Å². The van der Waals surface area contributed by atoms with Crippen LogP contribution in [0.25, 0.3) is 0 Å². The molecule has 0 saturated carbocycles. The summed E-state index contributed by atoms with van der Waals surface area (Å²) in [5, 5.41) is 3.93. The molecule has 2 rings (SSSR count). The Morgan fingerprint density at radius 2 is 1.74 bits per heavy atom. The lowest BCUT2D eigenvalue weighted by Gasteiger charge is -1.99. The van der Waals surface area contributed by atoms with E-state index in [4.69, 9.17) is 0 Å². The van der Waals surface area contributed by atoms with Gasteiger partial charge in [0.25, 0.3) is 5.91 Å². The third-order valence-electron chi connectivity index (χ3n) is 2.36. The van der Waals surface area contributed by atoms with E-state index >= 15 is 0 Å². The van der Waals surface area contributed by atoms with Crippen LogP contribution in [0.3, 0.4) is 0 Å². The van der Waals surface area contributed by atoms with Crippen molar-refractivity contribution in [3.8, 4) is 0 Å². The average Bonchev–Trinajstić information content (AvgIpc) is 2.41. The Kier molecular flexibility index (Phi) is 5.09. The lowest BCUT2D eigenvalue weighted by Crippen LogP contribution is -2.17. The molecule has 19 heavy (non-hydrogen) atoms. The van der Waals surface area contributed by atoms with Gasteiger partial charge >= 0.3 is 0 Å². The van der Waals surface area contributed by atoms with Gasteiger partial charge in [0, 0.05) is 13.6 Å². The van der Waals surface area contributed by atoms with E-state index in [0.717, 1.165) is 13.6 Å². The molecular formula is C14H10BrIN2O. The molecule has 0 radical (unpaired) electrons. The number of hydrazone groups is 1. The van der Waals surface area contributed by atoms with Crippen molar-refractivity contribution in [3.05, 3.63) is 67.7 Å². The van der Waals surface area contributed by atoms with E-state index in [0.29, 0.717) is 5.56 Å². The van der Waals surface area contributed by atoms with Crippen molar-refractivity contribution in [1.29, 1.82) is 0 Å². The molecule has 96 valence electrons. The quantitative estimate of drug-likeness (QED) is 0.450. The number of carbonyl (C=O) groups excluding carboxylic acids is 1. The van der Waals surface area contributed by atoms with Gasteiger partial charge in [-0.2, -0.15) is 5.10 Å². The first-order valence-corrected chi connectivity index (χ1v) is 7.37. The Morgan fingerprint density at radius 3 is 2.37 bits per heavy atom. The summed E-state index contributed by atoms with van der Waals surface area (Å²) < 4.78 is 2.10. The molecule has 0 saturated heterocycles. The first kappa shape index (κ1) is 14.2. The van der Waals surface area contributed by atoms with Crippen molar-refractivity contribution in [2.24, 2.45) is 5.10 Å². The van der Waals surface area contributed by atoms with Crippen LogP contribution in [0.15, 0.2) is 58.1 Å². The highest BCUT2D eigenvalue weighted by atomic mass is 127. The van der Waals surface area contributed by atoms with Gasteiger partial charge in [-0.25, -0.2) is 5.43 Å². The SMILES string of the molecule is O=C(N/N=C\c1ccc(Br)cc1)c1ccc(I)cc1. The van der Waals surface area contributed by atoms with Gasteiger partial charge in [0.15, 0.2) is 0 Å². The molecule has 2 aromatic rings. The highest BCUT2D eigenvalue weighted by Gasteiger charge is 2.02. The normalized spacial score (nSPS) is 10.6. The molecule has 0 unspecified atom stereocenters. The molecule has 3 nitrogen and oxygen atoms in total. The van der Waals surface area contributed by atoms with Crippen molar-refractivity contribution in [1.82, 2.24) is 5.43 Å². The Morgan fingerprint density at radius 1 is 1.11 bits per heavy atom. The summed E-state index contributed by atoms with van der Waals surface area (Å²) in [5.74, 6) is -0.218. The second-order valence-electron chi connectivity index (χ2n) is 3.76. The molecule has 0 heterocycles. The maximum Gasteiger partial charge on any atom is 0.271 e. The van der Waals surface area contributed by atoms with Crippen LogP contribution in [0.2, 0.25) is 0 Å². The molecule has 0 atom stereocenters. The zero-order valence-electron chi connectivity index (χ0n) is 9.81. The van der Waals surface area contributed by atoms with E-state index in [2.05, 4.69) is 49.0 Å². The van der Waals surface area contributed by atoms with Crippen LogP contribution in [0.5, 0.6) is 0 Å². The Balaban J connectivity index is 1.96. The van der Waals surface area contributed by atoms with Crippen molar-refractivity contribution >= 4 is 50.6 Å². The first-order chi connectivity index (χ1) is 9.15. The summed E-state index contributed by atoms with van der Waals surface area (Å²) in [6.07, 6.45) is 1.61. The maximum absolute atomic E-state index is 11.8. The monoisotopic (exact) mass is 428 g/mol. The summed E-state index contributed by atoms with van der Waals surface area (Å²) in [4.78, 5) is 11.8. The Labute approximate surface area is 133 Å². The largest absolute Gasteiger partial charge is 0.271 e. The molecule has 0 spiro atoms.